The van der Waals surface area contributed by atoms with E-state index < -0.39 is 5.69 Å². The molecule has 1 aromatic heterocycles. The highest BCUT2D eigenvalue weighted by atomic mass is 32.2. The summed E-state index contributed by atoms with van der Waals surface area (Å²) in [7, 11) is 0. The molecule has 1 aliphatic rings. The smallest absolute Gasteiger partial charge is 0.351 e. The van der Waals surface area contributed by atoms with Crippen LogP contribution in [0, 0.1) is 0 Å². The number of aliphatic hydroxyl groups excluding tert-OH is 1. The van der Waals surface area contributed by atoms with Gasteiger partial charge in [0.15, 0.2) is 0 Å². The zero-order chi connectivity index (χ0) is 12.4. The normalized spacial score (nSPS) is 28.5. The van der Waals surface area contributed by atoms with Crippen molar-refractivity contribution in [1.82, 2.24) is 9.55 Å². The Bertz CT molecular complexity index is 439. The van der Waals surface area contributed by atoms with Crippen LogP contribution in [0.2, 0.25) is 0 Å². The second-order valence-corrected chi connectivity index (χ2v) is 4.94. The van der Waals surface area contributed by atoms with Crippen molar-refractivity contribution in [3.05, 3.63) is 22.7 Å². The van der Waals surface area contributed by atoms with E-state index in [2.05, 4.69) is 4.98 Å². The van der Waals surface area contributed by atoms with Gasteiger partial charge in [-0.25, -0.2) is 4.79 Å². The van der Waals surface area contributed by atoms with Crippen molar-refractivity contribution >= 4 is 17.6 Å². The van der Waals surface area contributed by atoms with Gasteiger partial charge < -0.3 is 15.6 Å². The number of nitrogens with two attached hydrogens (primary N) is 1. The molecule has 0 bridgehead atoms. The fourth-order valence-electron chi connectivity index (χ4n) is 1.93. The van der Waals surface area contributed by atoms with E-state index in [-0.39, 0.29) is 30.0 Å². The molecule has 0 radical (unpaired) electrons. The first-order valence-corrected chi connectivity index (χ1v) is 6.58. The van der Waals surface area contributed by atoms with E-state index in [9.17, 15) is 9.90 Å². The Kier molecular flexibility index (Phi) is 3.70. The molecule has 0 aliphatic carbocycles. The van der Waals surface area contributed by atoms with Gasteiger partial charge in [-0.1, -0.05) is 0 Å². The van der Waals surface area contributed by atoms with E-state index in [1.165, 1.54) is 4.57 Å². The summed E-state index contributed by atoms with van der Waals surface area (Å²) in [6.45, 7) is -0.0425. The molecule has 17 heavy (non-hydrogen) atoms. The molecule has 7 heteroatoms. The molecule has 2 heterocycles. The molecule has 3 atom stereocenters. The monoisotopic (exact) mass is 257 g/mol. The minimum atomic E-state index is -0.423. The van der Waals surface area contributed by atoms with Gasteiger partial charge in [-0.15, -0.1) is 0 Å². The summed E-state index contributed by atoms with van der Waals surface area (Å²) in [5.74, 6) is 0.198. The number of anilines is 1. The molecule has 1 fully saturated rings. The first-order chi connectivity index (χ1) is 8.15. The lowest BCUT2D eigenvalue weighted by atomic mass is 10.2. The fourth-order valence-corrected chi connectivity index (χ4v) is 2.74. The van der Waals surface area contributed by atoms with Crippen LogP contribution in [0.4, 0.5) is 5.82 Å². The van der Waals surface area contributed by atoms with Gasteiger partial charge in [0.1, 0.15) is 12.0 Å². The summed E-state index contributed by atoms with van der Waals surface area (Å²) in [5, 5.41) is 9.37. The number of aromatic nitrogens is 2. The van der Waals surface area contributed by atoms with Crippen molar-refractivity contribution < 1.29 is 9.84 Å². The highest BCUT2D eigenvalue weighted by molar-refractivity contribution is 7.99. The van der Waals surface area contributed by atoms with Crippen LogP contribution < -0.4 is 11.4 Å². The van der Waals surface area contributed by atoms with E-state index in [4.69, 9.17) is 10.5 Å². The van der Waals surface area contributed by atoms with Crippen molar-refractivity contribution in [1.29, 1.82) is 0 Å². The highest BCUT2D eigenvalue weighted by Gasteiger charge is 2.35. The second kappa shape index (κ2) is 5.07. The van der Waals surface area contributed by atoms with Crippen molar-refractivity contribution in [3.63, 3.8) is 0 Å². The Labute approximate surface area is 103 Å². The number of ether oxygens (including phenoxy) is 1. The van der Waals surface area contributed by atoms with E-state index >= 15 is 0 Å². The average Bonchev–Trinajstić information content (AvgIpc) is 2.72. The third kappa shape index (κ3) is 2.46. The number of nitrogen functional groups attached to an aromatic ring is 1. The first-order valence-electron chi connectivity index (χ1n) is 5.29. The standard InChI is InChI=1S/C10H15N3O3S/c1-17-7-4-9(16-6(7)5-14)13-3-2-8(11)12-10(13)15/h2-3,6-7,9,14H,4-5H2,1H3,(H2,11,12,15)/t6-,7?,9-/m1/s1. The molecule has 3 N–H and O–H groups in total. The Balaban J connectivity index is 2.22. The van der Waals surface area contributed by atoms with Crippen LogP contribution in [0.3, 0.4) is 0 Å². The van der Waals surface area contributed by atoms with E-state index in [0.717, 1.165) is 0 Å². The number of thioether (sulfide) groups is 1. The molecule has 0 amide bonds. The van der Waals surface area contributed by atoms with E-state index in [0.29, 0.717) is 6.42 Å². The highest BCUT2D eigenvalue weighted by Crippen LogP contribution is 2.34. The largest absolute Gasteiger partial charge is 0.394 e. The zero-order valence-corrected chi connectivity index (χ0v) is 10.3. The Morgan fingerprint density at radius 3 is 3.06 bits per heavy atom. The van der Waals surface area contributed by atoms with Crippen LogP contribution in [0.1, 0.15) is 12.6 Å². The molecule has 0 saturated carbocycles. The lowest BCUT2D eigenvalue weighted by Gasteiger charge is -2.14. The minimum absolute atomic E-state index is 0.0425. The van der Waals surface area contributed by atoms with Gasteiger partial charge in [0.2, 0.25) is 0 Å². The number of nitrogens with zero attached hydrogens (tertiary/aromatic N) is 2. The van der Waals surface area contributed by atoms with Gasteiger partial charge in [-0.3, -0.25) is 4.57 Å². The number of aliphatic hydroxyl groups is 1. The van der Waals surface area contributed by atoms with Crippen molar-refractivity contribution in [2.24, 2.45) is 0 Å². The summed E-state index contributed by atoms with van der Waals surface area (Å²) < 4.78 is 7.04. The number of rotatable bonds is 3. The summed E-state index contributed by atoms with van der Waals surface area (Å²) in [6.07, 6.45) is 3.61. The third-order valence-corrected chi connectivity index (χ3v) is 3.93. The summed E-state index contributed by atoms with van der Waals surface area (Å²) in [6, 6.07) is 1.56. The van der Waals surface area contributed by atoms with Gasteiger partial charge in [0.05, 0.1) is 12.7 Å². The summed E-state index contributed by atoms with van der Waals surface area (Å²) >= 11 is 1.63. The molecule has 94 valence electrons. The maximum atomic E-state index is 11.6. The number of hydrogen-bond acceptors (Lipinski definition) is 6. The summed E-state index contributed by atoms with van der Waals surface area (Å²) in [4.78, 5) is 15.3. The lowest BCUT2D eigenvalue weighted by molar-refractivity contribution is -0.0236. The van der Waals surface area contributed by atoms with Gasteiger partial charge in [-0.2, -0.15) is 16.7 Å². The Hall–Kier alpha value is -1.05. The second-order valence-electron chi connectivity index (χ2n) is 3.86. The van der Waals surface area contributed by atoms with Gasteiger partial charge in [-0.05, 0) is 12.3 Å². The molecule has 0 spiro atoms. The van der Waals surface area contributed by atoms with Crippen LogP contribution >= 0.6 is 11.8 Å². The predicted octanol–water partition coefficient (Wildman–Crippen LogP) is -0.163. The predicted molar refractivity (Wildman–Crippen MR) is 65.8 cm³/mol. The zero-order valence-electron chi connectivity index (χ0n) is 9.44. The molecule has 1 saturated heterocycles. The first kappa shape index (κ1) is 12.4. The van der Waals surface area contributed by atoms with Gasteiger partial charge >= 0.3 is 5.69 Å². The maximum absolute atomic E-state index is 11.6. The topological polar surface area (TPSA) is 90.4 Å². The molecule has 0 aromatic carbocycles. The maximum Gasteiger partial charge on any atom is 0.351 e. The van der Waals surface area contributed by atoms with Crippen molar-refractivity contribution in [2.45, 2.75) is 24.0 Å². The van der Waals surface area contributed by atoms with E-state index in [1.807, 2.05) is 6.26 Å². The molecule has 1 unspecified atom stereocenters. The van der Waals surface area contributed by atoms with Crippen LogP contribution in [0.5, 0.6) is 0 Å². The molecule has 1 aromatic rings. The Morgan fingerprint density at radius 1 is 1.76 bits per heavy atom. The molecule has 2 rings (SSSR count). The SMILES string of the molecule is CSC1C[C@H](n2ccc(N)nc2=O)O[C@@H]1CO. The third-order valence-electron chi connectivity index (χ3n) is 2.82. The average molecular weight is 257 g/mol. The molecule has 6 nitrogen and oxygen atoms in total. The van der Waals surface area contributed by atoms with Gasteiger partial charge in [0, 0.05) is 17.9 Å². The van der Waals surface area contributed by atoms with Crippen LogP contribution in [0.25, 0.3) is 0 Å². The number of hydrogen-bond donors (Lipinski definition) is 2. The fraction of sp³-hybridized carbons (Fsp3) is 0.600. The lowest BCUT2D eigenvalue weighted by Crippen LogP contribution is -2.27. The van der Waals surface area contributed by atoms with Crippen LogP contribution in [0.15, 0.2) is 17.1 Å². The van der Waals surface area contributed by atoms with Crippen molar-refractivity contribution in [3.8, 4) is 0 Å². The van der Waals surface area contributed by atoms with Crippen LogP contribution in [-0.4, -0.2) is 38.9 Å². The van der Waals surface area contributed by atoms with E-state index in [1.54, 1.807) is 24.0 Å². The quantitative estimate of drug-likeness (QED) is 0.781. The van der Waals surface area contributed by atoms with Crippen LogP contribution in [-0.2, 0) is 4.74 Å². The molecule has 1 aliphatic heterocycles. The molecular weight excluding hydrogens is 242 g/mol. The molecular formula is C10H15N3O3S. The Morgan fingerprint density at radius 2 is 2.53 bits per heavy atom. The summed E-state index contributed by atoms with van der Waals surface area (Å²) in [5.41, 5.74) is 5.00. The van der Waals surface area contributed by atoms with Gasteiger partial charge in [0.25, 0.3) is 0 Å². The van der Waals surface area contributed by atoms with Crippen molar-refractivity contribution in [2.75, 3.05) is 18.6 Å². The minimum Gasteiger partial charge on any atom is -0.394 e.